The van der Waals surface area contributed by atoms with Crippen LogP contribution in [0.15, 0.2) is 42.5 Å². The third-order valence-corrected chi connectivity index (χ3v) is 6.57. The molecule has 1 fully saturated rings. The number of carbonyl (C=O) groups is 4. The van der Waals surface area contributed by atoms with Crippen LogP contribution in [-0.4, -0.2) is 86.7 Å². The molecule has 0 saturated carbocycles. The van der Waals surface area contributed by atoms with Crippen molar-refractivity contribution in [1.82, 2.24) is 15.1 Å². The highest BCUT2D eigenvalue weighted by molar-refractivity contribution is 6.23. The molecule has 2 aliphatic rings. The Bertz CT molecular complexity index is 1260. The predicted molar refractivity (Wildman–Crippen MR) is 139 cm³/mol. The number of carbonyl (C=O) groups excluding carboxylic acids is 4. The minimum Gasteiger partial charge on any atom is -0.481 e. The lowest BCUT2D eigenvalue weighted by atomic mass is 10.1. The Morgan fingerprint density at radius 2 is 1.84 bits per heavy atom. The van der Waals surface area contributed by atoms with E-state index in [-0.39, 0.29) is 30.6 Å². The van der Waals surface area contributed by atoms with Gasteiger partial charge in [-0.25, -0.2) is 0 Å². The van der Waals surface area contributed by atoms with E-state index < -0.39 is 23.8 Å². The number of ether oxygens (including phenoxy) is 1. The maximum absolute atomic E-state index is 13.0. The van der Waals surface area contributed by atoms with Crippen molar-refractivity contribution in [3.63, 3.8) is 0 Å². The fraction of sp³-hybridized carbons (Fsp3) is 0.357. The second-order valence-corrected chi connectivity index (χ2v) is 8.99. The second kappa shape index (κ2) is 11.7. The maximum atomic E-state index is 13.0. The molecule has 0 spiro atoms. The van der Waals surface area contributed by atoms with Crippen molar-refractivity contribution in [3.8, 4) is 17.6 Å². The molecule has 0 aromatic heterocycles. The second-order valence-electron chi connectivity index (χ2n) is 8.99. The number of likely N-dealkylation sites (N-methyl/N-ethyl adjacent to an activating group) is 2. The van der Waals surface area contributed by atoms with Gasteiger partial charge < -0.3 is 24.6 Å². The number of anilines is 1. The van der Waals surface area contributed by atoms with Gasteiger partial charge in [0.05, 0.1) is 11.1 Å². The predicted octanol–water partition coefficient (Wildman–Crippen LogP) is 1.56. The third kappa shape index (κ3) is 5.81. The number of nitrogens with zero attached hydrogens (tertiary/aromatic N) is 3. The fourth-order valence-corrected chi connectivity index (χ4v) is 4.48. The van der Waals surface area contributed by atoms with Crippen molar-refractivity contribution in [1.29, 1.82) is 0 Å². The van der Waals surface area contributed by atoms with Gasteiger partial charge in [-0.1, -0.05) is 17.9 Å². The average Bonchev–Trinajstić information content (AvgIpc) is 3.16. The first-order valence-electron chi connectivity index (χ1n) is 12.3. The van der Waals surface area contributed by atoms with E-state index in [0.717, 1.165) is 42.3 Å². The molecule has 0 bridgehead atoms. The SMILES string of the molecule is CNC(=O)C(CCC=O)N1C(=O)c2ccc(OCC#Cc3cccc(N4CCN(C)CC4)c3)cc2C1=O. The van der Waals surface area contributed by atoms with Crippen molar-refractivity contribution < 1.29 is 23.9 Å². The molecule has 4 rings (SSSR count). The first-order valence-corrected chi connectivity index (χ1v) is 12.3. The summed E-state index contributed by atoms with van der Waals surface area (Å²) in [4.78, 5) is 54.6. The number of imide groups is 1. The number of piperazine rings is 1. The summed E-state index contributed by atoms with van der Waals surface area (Å²) in [6, 6.07) is 11.7. The molecule has 1 saturated heterocycles. The van der Waals surface area contributed by atoms with Crippen LogP contribution in [0, 0.1) is 11.8 Å². The van der Waals surface area contributed by atoms with Crippen LogP contribution in [0.5, 0.6) is 5.75 Å². The van der Waals surface area contributed by atoms with Crippen LogP contribution < -0.4 is 15.0 Å². The van der Waals surface area contributed by atoms with E-state index in [2.05, 4.69) is 46.1 Å². The van der Waals surface area contributed by atoms with Gasteiger partial charge in [-0.15, -0.1) is 0 Å². The van der Waals surface area contributed by atoms with Gasteiger partial charge in [0.25, 0.3) is 11.8 Å². The molecule has 1 atom stereocenters. The number of benzene rings is 2. The lowest BCUT2D eigenvalue weighted by Crippen LogP contribution is -2.48. The van der Waals surface area contributed by atoms with E-state index >= 15 is 0 Å². The smallest absolute Gasteiger partial charge is 0.262 e. The molecule has 192 valence electrons. The Morgan fingerprint density at radius 3 is 2.57 bits per heavy atom. The van der Waals surface area contributed by atoms with Crippen LogP contribution in [0.25, 0.3) is 0 Å². The number of nitrogens with one attached hydrogen (secondary N) is 1. The number of amides is 3. The summed E-state index contributed by atoms with van der Waals surface area (Å²) in [5.41, 5.74) is 2.40. The lowest BCUT2D eigenvalue weighted by Gasteiger charge is -2.34. The molecule has 0 radical (unpaired) electrons. The molecular weight excluding hydrogens is 472 g/mol. The summed E-state index contributed by atoms with van der Waals surface area (Å²) >= 11 is 0. The van der Waals surface area contributed by atoms with Gasteiger partial charge in [0.1, 0.15) is 24.7 Å². The van der Waals surface area contributed by atoms with E-state index in [1.165, 1.54) is 19.2 Å². The standard InChI is InChI=1S/C28H30N4O5/c1-29-26(34)25(9-4-16-33)32-27(35)23-11-10-22(19-24(23)28(32)36)37-17-5-7-20-6-3-8-21(18-20)31-14-12-30(2)13-15-31/h3,6,8,10-11,16,18-19,25H,4,9,12-15,17H2,1-2H3,(H,29,34). The molecule has 37 heavy (non-hydrogen) atoms. The Balaban J connectivity index is 1.41. The molecule has 2 aromatic carbocycles. The average molecular weight is 503 g/mol. The molecule has 1 N–H and O–H groups in total. The number of rotatable bonds is 8. The van der Waals surface area contributed by atoms with Crippen molar-refractivity contribution in [2.75, 3.05) is 51.8 Å². The number of aldehydes is 1. The third-order valence-electron chi connectivity index (χ3n) is 6.57. The van der Waals surface area contributed by atoms with Crippen LogP contribution >= 0.6 is 0 Å². The quantitative estimate of drug-likeness (QED) is 0.332. The molecular formula is C28H30N4O5. The summed E-state index contributed by atoms with van der Waals surface area (Å²) in [6.07, 6.45) is 0.768. The van der Waals surface area contributed by atoms with Gasteiger partial charge in [-0.3, -0.25) is 19.3 Å². The van der Waals surface area contributed by atoms with Crippen LogP contribution in [0.4, 0.5) is 5.69 Å². The summed E-state index contributed by atoms with van der Waals surface area (Å²) in [6.45, 7) is 4.12. The molecule has 2 heterocycles. The highest BCUT2D eigenvalue weighted by atomic mass is 16.5. The topological polar surface area (TPSA) is 99.3 Å². The van der Waals surface area contributed by atoms with Crippen LogP contribution in [0.3, 0.4) is 0 Å². The van der Waals surface area contributed by atoms with E-state index in [1.54, 1.807) is 6.07 Å². The summed E-state index contributed by atoms with van der Waals surface area (Å²) in [7, 11) is 3.55. The Hall–Kier alpha value is -4.16. The maximum Gasteiger partial charge on any atom is 0.262 e. The van der Waals surface area contributed by atoms with Gasteiger partial charge in [-0.05, 0) is 49.9 Å². The molecule has 2 aromatic rings. The van der Waals surface area contributed by atoms with Crippen molar-refractivity contribution in [2.45, 2.75) is 18.9 Å². The Labute approximate surface area is 216 Å². The Kier molecular flexibility index (Phi) is 8.21. The fourth-order valence-electron chi connectivity index (χ4n) is 4.48. The molecule has 1 unspecified atom stereocenters. The summed E-state index contributed by atoms with van der Waals surface area (Å²) in [5, 5.41) is 2.46. The van der Waals surface area contributed by atoms with Crippen molar-refractivity contribution in [2.24, 2.45) is 0 Å². The molecule has 0 aliphatic carbocycles. The van der Waals surface area contributed by atoms with Gasteiger partial charge >= 0.3 is 0 Å². The van der Waals surface area contributed by atoms with Gasteiger partial charge in [0.2, 0.25) is 5.91 Å². The summed E-state index contributed by atoms with van der Waals surface area (Å²) < 4.78 is 5.73. The Morgan fingerprint density at radius 1 is 1.08 bits per heavy atom. The number of hydrogen-bond acceptors (Lipinski definition) is 7. The van der Waals surface area contributed by atoms with E-state index in [1.807, 2.05) is 12.1 Å². The first kappa shape index (κ1) is 25.9. The van der Waals surface area contributed by atoms with Crippen LogP contribution in [0.1, 0.15) is 39.1 Å². The zero-order valence-electron chi connectivity index (χ0n) is 21.0. The zero-order chi connectivity index (χ0) is 26.4. The number of hydrogen-bond donors (Lipinski definition) is 1. The van der Waals surface area contributed by atoms with E-state index in [4.69, 9.17) is 4.74 Å². The largest absolute Gasteiger partial charge is 0.481 e. The first-order chi connectivity index (χ1) is 17.9. The van der Waals surface area contributed by atoms with Gasteiger partial charge in [-0.2, -0.15) is 0 Å². The summed E-state index contributed by atoms with van der Waals surface area (Å²) in [5.74, 6) is 4.86. The molecule has 3 amide bonds. The molecule has 2 aliphatic heterocycles. The van der Waals surface area contributed by atoms with Gasteiger partial charge in [0.15, 0.2) is 0 Å². The minimum absolute atomic E-state index is 0.0524. The lowest BCUT2D eigenvalue weighted by molar-refractivity contribution is -0.124. The van der Waals surface area contributed by atoms with Crippen molar-refractivity contribution >= 4 is 29.7 Å². The normalized spacial score (nSPS) is 16.1. The monoisotopic (exact) mass is 502 g/mol. The number of fused-ring (bicyclic) bond motifs is 1. The zero-order valence-corrected chi connectivity index (χ0v) is 21.0. The van der Waals surface area contributed by atoms with Crippen LogP contribution in [-0.2, 0) is 9.59 Å². The van der Waals surface area contributed by atoms with Crippen LogP contribution in [0.2, 0.25) is 0 Å². The van der Waals surface area contributed by atoms with E-state index in [9.17, 15) is 19.2 Å². The minimum atomic E-state index is -1.06. The molecule has 9 heteroatoms. The highest BCUT2D eigenvalue weighted by Crippen LogP contribution is 2.29. The van der Waals surface area contributed by atoms with Crippen molar-refractivity contribution in [3.05, 3.63) is 59.2 Å². The molecule has 9 nitrogen and oxygen atoms in total. The highest BCUT2D eigenvalue weighted by Gasteiger charge is 2.42. The van der Waals surface area contributed by atoms with E-state index in [0.29, 0.717) is 12.0 Å². The van der Waals surface area contributed by atoms with Gasteiger partial charge in [0, 0.05) is 50.9 Å².